The molecule has 1 atom stereocenters. The second kappa shape index (κ2) is 9.03. The molecule has 1 fully saturated rings. The molecule has 5 nitrogen and oxygen atoms in total. The number of fused-ring (bicyclic) bond motifs is 1. The molecule has 0 N–H and O–H groups in total. The molecule has 0 radical (unpaired) electrons. The number of rotatable bonds is 7. The van der Waals surface area contributed by atoms with E-state index >= 15 is 0 Å². The summed E-state index contributed by atoms with van der Waals surface area (Å²) < 4.78 is 12.4. The first-order chi connectivity index (χ1) is 14.1. The lowest BCUT2D eigenvalue weighted by atomic mass is 10.1. The van der Waals surface area contributed by atoms with Gasteiger partial charge in [-0.3, -0.25) is 9.69 Å². The third-order valence-corrected chi connectivity index (χ3v) is 6.31. The maximum absolute atomic E-state index is 13.1. The van der Waals surface area contributed by atoms with E-state index in [1.54, 1.807) is 16.2 Å². The molecule has 2 aromatic carbocycles. The summed E-state index contributed by atoms with van der Waals surface area (Å²) in [4.78, 5) is 19.6. The van der Waals surface area contributed by atoms with Gasteiger partial charge in [-0.2, -0.15) is 0 Å². The van der Waals surface area contributed by atoms with E-state index in [2.05, 4.69) is 26.0 Å². The smallest absolute Gasteiger partial charge is 0.255 e. The average molecular weight is 411 g/mol. The summed E-state index contributed by atoms with van der Waals surface area (Å²) in [5, 5.41) is 0.711. The summed E-state index contributed by atoms with van der Waals surface area (Å²) >= 11 is 1.56. The number of benzene rings is 2. The van der Waals surface area contributed by atoms with Crippen LogP contribution in [0.2, 0.25) is 0 Å². The predicted molar refractivity (Wildman–Crippen MR) is 117 cm³/mol. The summed E-state index contributed by atoms with van der Waals surface area (Å²) in [6, 6.07) is 14.2. The van der Waals surface area contributed by atoms with Gasteiger partial charge in [-0.05, 0) is 49.4 Å². The minimum Gasteiger partial charge on any atom is -0.376 e. The molecule has 0 bridgehead atoms. The van der Waals surface area contributed by atoms with Crippen LogP contribution in [0.4, 0.5) is 5.13 Å². The highest BCUT2D eigenvalue weighted by Gasteiger charge is 2.22. The second-order valence-corrected chi connectivity index (χ2v) is 8.52. The van der Waals surface area contributed by atoms with Crippen LogP contribution >= 0.6 is 11.3 Å². The zero-order valence-electron chi connectivity index (χ0n) is 16.9. The standard InChI is InChI=1S/C23H26N2O3S/c1-16-11-17(2)22-20(12-16)24-23(29-22)25(13-18-7-4-3-5-8-18)21(26)15-27-14-19-9-6-10-28-19/h3-5,7-8,11-12,19H,6,9-10,13-15H2,1-2H3. The fourth-order valence-electron chi connectivity index (χ4n) is 3.64. The number of aromatic nitrogens is 1. The van der Waals surface area contributed by atoms with Crippen molar-refractivity contribution in [1.29, 1.82) is 0 Å². The van der Waals surface area contributed by atoms with Crippen LogP contribution in [-0.4, -0.2) is 36.8 Å². The molecular weight excluding hydrogens is 384 g/mol. The van der Waals surface area contributed by atoms with E-state index in [9.17, 15) is 4.79 Å². The second-order valence-electron chi connectivity index (χ2n) is 7.54. The summed E-state index contributed by atoms with van der Waals surface area (Å²) in [7, 11) is 0. The third kappa shape index (κ3) is 4.83. The maximum atomic E-state index is 13.1. The van der Waals surface area contributed by atoms with Crippen molar-refractivity contribution in [2.45, 2.75) is 39.3 Å². The maximum Gasteiger partial charge on any atom is 0.255 e. The van der Waals surface area contributed by atoms with Crippen molar-refractivity contribution >= 4 is 32.6 Å². The van der Waals surface area contributed by atoms with E-state index in [-0.39, 0.29) is 18.6 Å². The van der Waals surface area contributed by atoms with Gasteiger partial charge in [0.1, 0.15) is 6.61 Å². The van der Waals surface area contributed by atoms with Gasteiger partial charge in [-0.25, -0.2) is 4.98 Å². The Morgan fingerprint density at radius 1 is 1.28 bits per heavy atom. The van der Waals surface area contributed by atoms with Crippen molar-refractivity contribution in [2.24, 2.45) is 0 Å². The van der Waals surface area contributed by atoms with Gasteiger partial charge >= 0.3 is 0 Å². The molecule has 0 spiro atoms. The molecule has 6 heteroatoms. The Kier molecular flexibility index (Phi) is 6.23. The first kappa shape index (κ1) is 20.0. The van der Waals surface area contributed by atoms with E-state index in [1.807, 2.05) is 30.3 Å². The van der Waals surface area contributed by atoms with Gasteiger partial charge in [0.05, 0.1) is 29.5 Å². The molecule has 2 heterocycles. The van der Waals surface area contributed by atoms with E-state index < -0.39 is 0 Å². The topological polar surface area (TPSA) is 51.7 Å². The summed E-state index contributed by atoms with van der Waals surface area (Å²) in [5.74, 6) is -0.0831. The number of ether oxygens (including phenoxy) is 2. The van der Waals surface area contributed by atoms with Gasteiger partial charge in [0.2, 0.25) is 0 Å². The van der Waals surface area contributed by atoms with Crippen LogP contribution in [-0.2, 0) is 20.8 Å². The molecule has 0 aliphatic carbocycles. The van der Waals surface area contributed by atoms with Crippen molar-refractivity contribution in [3.05, 3.63) is 59.2 Å². The summed E-state index contributed by atoms with van der Waals surface area (Å²) in [5.41, 5.74) is 4.36. The Bertz CT molecular complexity index is 980. The van der Waals surface area contributed by atoms with Crippen LogP contribution in [0.5, 0.6) is 0 Å². The van der Waals surface area contributed by atoms with E-state index in [0.717, 1.165) is 35.2 Å². The number of carbonyl (C=O) groups excluding carboxylic acids is 1. The largest absolute Gasteiger partial charge is 0.376 e. The number of carbonyl (C=O) groups is 1. The van der Waals surface area contributed by atoms with Crippen molar-refractivity contribution < 1.29 is 14.3 Å². The van der Waals surface area contributed by atoms with Crippen LogP contribution in [0.25, 0.3) is 10.2 Å². The molecule has 1 aromatic heterocycles. The predicted octanol–water partition coefficient (Wildman–Crippen LogP) is 4.64. The number of anilines is 1. The van der Waals surface area contributed by atoms with Crippen LogP contribution in [0.15, 0.2) is 42.5 Å². The van der Waals surface area contributed by atoms with Crippen LogP contribution < -0.4 is 4.90 Å². The van der Waals surface area contributed by atoms with Gasteiger partial charge < -0.3 is 9.47 Å². The zero-order valence-corrected chi connectivity index (χ0v) is 17.7. The molecular formula is C23H26N2O3S. The molecule has 3 aromatic rings. The van der Waals surface area contributed by atoms with Crippen LogP contribution in [0.3, 0.4) is 0 Å². The number of amides is 1. The molecule has 152 valence electrons. The summed E-state index contributed by atoms with van der Waals surface area (Å²) in [6.45, 7) is 5.90. The number of aryl methyl sites for hydroxylation is 2. The molecule has 1 aliphatic rings. The van der Waals surface area contributed by atoms with Crippen molar-refractivity contribution in [1.82, 2.24) is 4.98 Å². The number of nitrogens with zero attached hydrogens (tertiary/aromatic N) is 2. The van der Waals surface area contributed by atoms with Crippen molar-refractivity contribution in [3.8, 4) is 0 Å². The normalized spacial score (nSPS) is 16.4. The Hall–Kier alpha value is -2.28. The van der Waals surface area contributed by atoms with E-state index in [0.29, 0.717) is 18.3 Å². The SMILES string of the molecule is Cc1cc(C)c2sc(N(Cc3ccccc3)C(=O)COCC3CCCO3)nc2c1. The Labute approximate surface area is 175 Å². The fraction of sp³-hybridized carbons (Fsp3) is 0.391. The first-order valence-electron chi connectivity index (χ1n) is 10.0. The van der Waals surface area contributed by atoms with Gasteiger partial charge in [-0.1, -0.05) is 47.7 Å². The van der Waals surface area contributed by atoms with Gasteiger partial charge in [0, 0.05) is 6.61 Å². The quantitative estimate of drug-likeness (QED) is 0.569. The van der Waals surface area contributed by atoms with Crippen LogP contribution in [0, 0.1) is 13.8 Å². The third-order valence-electron chi connectivity index (χ3n) is 5.08. The molecule has 1 unspecified atom stereocenters. The first-order valence-corrected chi connectivity index (χ1v) is 10.8. The molecule has 29 heavy (non-hydrogen) atoms. The Morgan fingerprint density at radius 2 is 2.10 bits per heavy atom. The lowest BCUT2D eigenvalue weighted by Crippen LogP contribution is -2.34. The number of hydrogen-bond donors (Lipinski definition) is 0. The highest BCUT2D eigenvalue weighted by molar-refractivity contribution is 7.22. The minimum absolute atomic E-state index is 0.0284. The van der Waals surface area contributed by atoms with Crippen molar-refractivity contribution in [2.75, 3.05) is 24.7 Å². The highest BCUT2D eigenvalue weighted by Crippen LogP contribution is 2.33. The lowest BCUT2D eigenvalue weighted by Gasteiger charge is -2.20. The monoisotopic (exact) mass is 410 g/mol. The summed E-state index contributed by atoms with van der Waals surface area (Å²) in [6.07, 6.45) is 2.17. The molecule has 1 amide bonds. The Balaban J connectivity index is 1.56. The molecule has 1 saturated heterocycles. The van der Waals surface area contributed by atoms with Gasteiger partial charge in [0.25, 0.3) is 5.91 Å². The Morgan fingerprint density at radius 3 is 2.86 bits per heavy atom. The zero-order chi connectivity index (χ0) is 20.2. The average Bonchev–Trinajstić information content (AvgIpc) is 3.36. The van der Waals surface area contributed by atoms with E-state index in [1.165, 1.54) is 11.1 Å². The number of hydrogen-bond acceptors (Lipinski definition) is 5. The van der Waals surface area contributed by atoms with Crippen LogP contribution in [0.1, 0.15) is 29.5 Å². The number of thiazole rings is 1. The minimum atomic E-state index is -0.0831. The fourth-order valence-corrected chi connectivity index (χ4v) is 4.67. The molecule has 4 rings (SSSR count). The highest BCUT2D eigenvalue weighted by atomic mass is 32.1. The lowest BCUT2D eigenvalue weighted by molar-refractivity contribution is -0.124. The van der Waals surface area contributed by atoms with Crippen molar-refractivity contribution in [3.63, 3.8) is 0 Å². The van der Waals surface area contributed by atoms with Gasteiger partial charge in [-0.15, -0.1) is 0 Å². The van der Waals surface area contributed by atoms with E-state index in [4.69, 9.17) is 14.5 Å². The molecule has 1 aliphatic heterocycles. The molecule has 0 saturated carbocycles. The van der Waals surface area contributed by atoms with Gasteiger partial charge in [0.15, 0.2) is 5.13 Å².